The van der Waals surface area contributed by atoms with Crippen LogP contribution in [-0.4, -0.2) is 19.2 Å². The summed E-state index contributed by atoms with van der Waals surface area (Å²) in [6.07, 6.45) is 0.783. The highest BCUT2D eigenvalue weighted by molar-refractivity contribution is 5.78. The highest BCUT2D eigenvalue weighted by atomic mass is 16.5. The first-order valence-electron chi connectivity index (χ1n) is 8.25. The number of carbonyl (C=O) groups excluding carboxylic acids is 1. The lowest BCUT2D eigenvalue weighted by molar-refractivity contribution is -0.145. The number of carbonyl (C=O) groups is 1. The van der Waals surface area contributed by atoms with Gasteiger partial charge >= 0.3 is 5.97 Å². The van der Waals surface area contributed by atoms with Crippen molar-refractivity contribution in [3.8, 4) is 5.75 Å². The molecule has 0 aromatic heterocycles. The van der Waals surface area contributed by atoms with E-state index < -0.39 is 0 Å². The van der Waals surface area contributed by atoms with E-state index in [1.165, 1.54) is 0 Å². The first-order valence-corrected chi connectivity index (χ1v) is 8.25. The van der Waals surface area contributed by atoms with Crippen molar-refractivity contribution in [3.63, 3.8) is 0 Å². The minimum absolute atomic E-state index is 0.144. The molecule has 124 valence electrons. The van der Waals surface area contributed by atoms with Crippen LogP contribution < -0.4 is 4.74 Å². The molecular formula is C19H30O3. The van der Waals surface area contributed by atoms with Crippen molar-refractivity contribution in [3.05, 3.63) is 29.3 Å². The molecule has 0 N–H and O–H groups in total. The Morgan fingerprint density at radius 3 is 2.36 bits per heavy atom. The lowest BCUT2D eigenvalue weighted by Gasteiger charge is -2.20. The maximum atomic E-state index is 12.3. The number of aryl methyl sites for hydroxylation is 1. The van der Waals surface area contributed by atoms with Gasteiger partial charge in [-0.3, -0.25) is 4.79 Å². The van der Waals surface area contributed by atoms with Gasteiger partial charge in [0.2, 0.25) is 0 Å². The van der Waals surface area contributed by atoms with Gasteiger partial charge in [-0.05, 0) is 49.3 Å². The van der Waals surface area contributed by atoms with Gasteiger partial charge in [0.1, 0.15) is 5.75 Å². The largest absolute Gasteiger partial charge is 0.493 e. The molecule has 1 rings (SSSR count). The molecule has 22 heavy (non-hydrogen) atoms. The van der Waals surface area contributed by atoms with Gasteiger partial charge in [0.15, 0.2) is 0 Å². The van der Waals surface area contributed by atoms with E-state index >= 15 is 0 Å². The zero-order chi connectivity index (χ0) is 16.7. The van der Waals surface area contributed by atoms with Crippen molar-refractivity contribution in [1.82, 2.24) is 0 Å². The molecular weight excluding hydrogens is 276 g/mol. The fourth-order valence-corrected chi connectivity index (χ4v) is 2.33. The van der Waals surface area contributed by atoms with Crippen molar-refractivity contribution in [1.29, 1.82) is 0 Å². The molecule has 0 spiro atoms. The summed E-state index contributed by atoms with van der Waals surface area (Å²) in [5.41, 5.74) is 2.08. The normalized spacial score (nSPS) is 12.5. The molecule has 1 aromatic carbocycles. The molecule has 0 aliphatic heterocycles. The van der Waals surface area contributed by atoms with Crippen LogP contribution in [0.25, 0.3) is 0 Å². The minimum Gasteiger partial charge on any atom is -0.493 e. The van der Waals surface area contributed by atoms with Gasteiger partial charge in [0.25, 0.3) is 0 Å². The van der Waals surface area contributed by atoms with E-state index in [2.05, 4.69) is 27.7 Å². The Morgan fingerprint density at radius 1 is 1.14 bits per heavy atom. The average molecular weight is 306 g/mol. The maximum absolute atomic E-state index is 12.3. The Labute approximate surface area is 135 Å². The number of ether oxygens (including phenoxy) is 2. The first-order chi connectivity index (χ1) is 10.3. The minimum atomic E-state index is -0.220. The van der Waals surface area contributed by atoms with Gasteiger partial charge in [-0.2, -0.15) is 0 Å². The molecule has 0 fully saturated rings. The third-order valence-corrected chi connectivity index (χ3v) is 3.46. The highest BCUT2D eigenvalue weighted by Crippen LogP contribution is 2.30. The molecule has 0 radical (unpaired) electrons. The molecule has 0 aliphatic carbocycles. The lowest BCUT2D eigenvalue weighted by atomic mass is 9.89. The zero-order valence-corrected chi connectivity index (χ0v) is 14.8. The Kier molecular flexibility index (Phi) is 7.43. The van der Waals surface area contributed by atoms with Crippen LogP contribution in [0.4, 0.5) is 0 Å². The molecule has 0 bridgehead atoms. The van der Waals surface area contributed by atoms with Crippen LogP contribution in [0, 0.1) is 18.8 Å². The van der Waals surface area contributed by atoms with E-state index in [4.69, 9.17) is 9.47 Å². The number of rotatable bonds is 8. The lowest BCUT2D eigenvalue weighted by Crippen LogP contribution is -2.18. The molecule has 3 nitrogen and oxygen atoms in total. The maximum Gasteiger partial charge on any atom is 0.313 e. The monoisotopic (exact) mass is 306 g/mol. The number of benzene rings is 1. The van der Waals surface area contributed by atoms with Crippen molar-refractivity contribution in [2.75, 3.05) is 13.2 Å². The van der Waals surface area contributed by atoms with Crippen LogP contribution in [0.3, 0.4) is 0 Å². The molecule has 0 saturated heterocycles. The van der Waals surface area contributed by atoms with Gasteiger partial charge in [-0.1, -0.05) is 39.8 Å². The average Bonchev–Trinajstić information content (AvgIpc) is 2.44. The standard InChI is InChI=1S/C19H30O3/c1-7-21-19(20)17(10-13(2)3)16-9-8-15(6)18(11-16)22-12-14(4)5/h8-9,11,13-14,17H,7,10,12H2,1-6H3. The Hall–Kier alpha value is -1.51. The second-order valence-corrected chi connectivity index (χ2v) is 6.66. The van der Waals surface area contributed by atoms with Crippen LogP contribution in [0.15, 0.2) is 18.2 Å². The van der Waals surface area contributed by atoms with Crippen molar-refractivity contribution in [2.45, 2.75) is 53.9 Å². The summed E-state index contributed by atoms with van der Waals surface area (Å²) < 4.78 is 11.1. The zero-order valence-electron chi connectivity index (χ0n) is 14.8. The van der Waals surface area contributed by atoms with E-state index in [0.717, 1.165) is 23.3 Å². The molecule has 0 heterocycles. The van der Waals surface area contributed by atoms with Gasteiger partial charge in [0, 0.05) is 0 Å². The smallest absolute Gasteiger partial charge is 0.313 e. The summed E-state index contributed by atoms with van der Waals surface area (Å²) >= 11 is 0. The van der Waals surface area contributed by atoms with Crippen molar-refractivity contribution >= 4 is 5.97 Å². The molecule has 0 amide bonds. The molecule has 0 aliphatic rings. The van der Waals surface area contributed by atoms with Crippen LogP contribution in [0.5, 0.6) is 5.75 Å². The van der Waals surface area contributed by atoms with E-state index in [0.29, 0.717) is 25.0 Å². The molecule has 1 atom stereocenters. The first kappa shape index (κ1) is 18.5. The van der Waals surface area contributed by atoms with Crippen LogP contribution in [0.2, 0.25) is 0 Å². The van der Waals surface area contributed by atoms with Gasteiger partial charge in [-0.15, -0.1) is 0 Å². The van der Waals surface area contributed by atoms with E-state index in [-0.39, 0.29) is 11.9 Å². The number of hydrogen-bond donors (Lipinski definition) is 0. The molecule has 0 saturated carbocycles. The van der Waals surface area contributed by atoms with Gasteiger partial charge in [-0.25, -0.2) is 0 Å². The third kappa shape index (κ3) is 5.70. The number of hydrogen-bond acceptors (Lipinski definition) is 3. The Bertz CT molecular complexity index is 478. The SMILES string of the molecule is CCOC(=O)C(CC(C)C)c1ccc(C)c(OCC(C)C)c1. The third-order valence-electron chi connectivity index (χ3n) is 3.46. The summed E-state index contributed by atoms with van der Waals surface area (Å²) in [5, 5.41) is 0. The molecule has 1 unspecified atom stereocenters. The fraction of sp³-hybridized carbons (Fsp3) is 0.632. The quantitative estimate of drug-likeness (QED) is 0.652. The predicted octanol–water partition coefficient (Wildman–Crippen LogP) is 4.72. The summed E-state index contributed by atoms with van der Waals surface area (Å²) in [5.74, 6) is 1.40. The van der Waals surface area contributed by atoms with E-state index in [1.807, 2.05) is 32.0 Å². The summed E-state index contributed by atoms with van der Waals surface area (Å²) in [7, 11) is 0. The number of esters is 1. The van der Waals surface area contributed by atoms with Gasteiger partial charge < -0.3 is 9.47 Å². The fourth-order valence-electron chi connectivity index (χ4n) is 2.33. The van der Waals surface area contributed by atoms with Crippen LogP contribution in [-0.2, 0) is 9.53 Å². The second-order valence-electron chi connectivity index (χ2n) is 6.66. The van der Waals surface area contributed by atoms with Crippen molar-refractivity contribution < 1.29 is 14.3 Å². The highest BCUT2D eigenvalue weighted by Gasteiger charge is 2.24. The summed E-state index contributed by atoms with van der Waals surface area (Å²) in [4.78, 5) is 12.3. The van der Waals surface area contributed by atoms with Crippen LogP contribution in [0.1, 0.15) is 58.1 Å². The molecule has 3 heteroatoms. The summed E-state index contributed by atoms with van der Waals surface area (Å²) in [6, 6.07) is 6.04. The van der Waals surface area contributed by atoms with Gasteiger partial charge in [0.05, 0.1) is 19.1 Å². The van der Waals surface area contributed by atoms with Crippen molar-refractivity contribution in [2.24, 2.45) is 11.8 Å². The predicted molar refractivity (Wildman–Crippen MR) is 90.3 cm³/mol. The molecule has 1 aromatic rings. The van der Waals surface area contributed by atoms with E-state index in [1.54, 1.807) is 0 Å². The van der Waals surface area contributed by atoms with Crippen LogP contribution >= 0.6 is 0 Å². The Balaban J connectivity index is 3.02. The van der Waals surface area contributed by atoms with E-state index in [9.17, 15) is 4.79 Å². The second kappa shape index (κ2) is 8.82. The topological polar surface area (TPSA) is 35.5 Å². The summed E-state index contributed by atoms with van der Waals surface area (Å²) in [6.45, 7) is 13.5. The Morgan fingerprint density at radius 2 is 1.82 bits per heavy atom.